The summed E-state index contributed by atoms with van der Waals surface area (Å²) in [7, 11) is 0. The molecule has 0 saturated carbocycles. The quantitative estimate of drug-likeness (QED) is 0.720. The van der Waals surface area contributed by atoms with Crippen molar-refractivity contribution >= 4 is 0 Å². The van der Waals surface area contributed by atoms with Crippen LogP contribution >= 0.6 is 0 Å². The van der Waals surface area contributed by atoms with Crippen molar-refractivity contribution in [3.05, 3.63) is 0 Å². The van der Waals surface area contributed by atoms with E-state index in [1.165, 1.54) is 25.9 Å². The van der Waals surface area contributed by atoms with Crippen LogP contribution in [0.3, 0.4) is 0 Å². The summed E-state index contributed by atoms with van der Waals surface area (Å²) in [6.07, 6.45) is 2.68. The Balaban J connectivity index is 2.10. The molecular weight excluding hydrogens is 200 g/mol. The fourth-order valence-electron chi connectivity index (χ4n) is 2.20. The summed E-state index contributed by atoms with van der Waals surface area (Å²) in [5.41, 5.74) is 0. The van der Waals surface area contributed by atoms with Crippen LogP contribution in [0.4, 0.5) is 0 Å². The van der Waals surface area contributed by atoms with Gasteiger partial charge in [-0.3, -0.25) is 0 Å². The van der Waals surface area contributed by atoms with Crippen molar-refractivity contribution in [1.82, 2.24) is 10.2 Å². The number of hydrogen-bond donors (Lipinski definition) is 2. The summed E-state index contributed by atoms with van der Waals surface area (Å²) in [6, 6.07) is 0.253. The lowest BCUT2D eigenvalue weighted by atomic mass is 9.99. The Morgan fingerprint density at radius 3 is 2.44 bits per heavy atom. The average Bonchev–Trinajstić information content (AvgIpc) is 2.26. The maximum absolute atomic E-state index is 9.19. The summed E-state index contributed by atoms with van der Waals surface area (Å²) in [4.78, 5) is 2.53. The normalized spacial score (nSPS) is 21.6. The molecule has 0 aliphatic carbocycles. The van der Waals surface area contributed by atoms with E-state index in [4.69, 9.17) is 0 Å². The molecule has 1 rings (SSSR count). The number of piperidine rings is 1. The molecule has 3 nitrogen and oxygen atoms in total. The Morgan fingerprint density at radius 1 is 1.31 bits per heavy atom. The molecule has 0 amide bonds. The zero-order valence-electron chi connectivity index (χ0n) is 11.1. The highest BCUT2D eigenvalue weighted by molar-refractivity contribution is 4.73. The summed E-state index contributed by atoms with van der Waals surface area (Å²) in [5, 5.41) is 12.6. The number of hydrogen-bond acceptors (Lipinski definition) is 3. The number of rotatable bonds is 6. The largest absolute Gasteiger partial charge is 0.395 e. The molecule has 0 spiro atoms. The van der Waals surface area contributed by atoms with Crippen LogP contribution in [0.25, 0.3) is 0 Å². The summed E-state index contributed by atoms with van der Waals surface area (Å²) in [6.45, 7) is 11.5. The topological polar surface area (TPSA) is 35.5 Å². The van der Waals surface area contributed by atoms with Gasteiger partial charge in [-0.25, -0.2) is 0 Å². The lowest BCUT2D eigenvalue weighted by Gasteiger charge is -2.31. The first-order chi connectivity index (χ1) is 7.63. The molecule has 0 aromatic rings. The highest BCUT2D eigenvalue weighted by Gasteiger charge is 2.16. The van der Waals surface area contributed by atoms with Crippen LogP contribution in [0, 0.1) is 11.8 Å². The van der Waals surface area contributed by atoms with Gasteiger partial charge in [-0.2, -0.15) is 0 Å². The van der Waals surface area contributed by atoms with Crippen LogP contribution in [0.2, 0.25) is 0 Å². The fourth-order valence-corrected chi connectivity index (χ4v) is 2.20. The molecule has 1 fully saturated rings. The fraction of sp³-hybridized carbons (Fsp3) is 1.00. The number of aliphatic hydroxyl groups excluding tert-OH is 1. The molecule has 96 valence electrons. The third-order valence-electron chi connectivity index (χ3n) is 3.71. The smallest absolute Gasteiger partial charge is 0.0587 e. The van der Waals surface area contributed by atoms with Crippen LogP contribution in [-0.4, -0.2) is 48.8 Å². The van der Waals surface area contributed by atoms with Gasteiger partial charge in [0.2, 0.25) is 0 Å². The minimum Gasteiger partial charge on any atom is -0.395 e. The number of nitrogens with zero attached hydrogens (tertiary/aromatic N) is 1. The van der Waals surface area contributed by atoms with Crippen molar-refractivity contribution in [1.29, 1.82) is 0 Å². The van der Waals surface area contributed by atoms with E-state index in [-0.39, 0.29) is 12.6 Å². The van der Waals surface area contributed by atoms with Crippen LogP contribution < -0.4 is 5.32 Å². The van der Waals surface area contributed by atoms with E-state index < -0.39 is 0 Å². The van der Waals surface area contributed by atoms with Crippen LogP contribution in [0.15, 0.2) is 0 Å². The molecule has 1 aliphatic rings. The van der Waals surface area contributed by atoms with Gasteiger partial charge in [0.05, 0.1) is 6.61 Å². The van der Waals surface area contributed by atoms with Crippen molar-refractivity contribution in [2.75, 3.05) is 32.8 Å². The van der Waals surface area contributed by atoms with E-state index in [1.54, 1.807) is 0 Å². The standard InChI is InChI=1S/C13H28N2O/c1-11(2)13(10-16)14-6-9-15-7-4-12(3)5-8-15/h11-14,16H,4-10H2,1-3H3/t13-/m1/s1. The number of likely N-dealkylation sites (tertiary alicyclic amines) is 1. The predicted molar refractivity (Wildman–Crippen MR) is 68.6 cm³/mol. The van der Waals surface area contributed by atoms with E-state index in [0.29, 0.717) is 5.92 Å². The van der Waals surface area contributed by atoms with Crippen molar-refractivity contribution in [2.45, 2.75) is 39.7 Å². The van der Waals surface area contributed by atoms with Gasteiger partial charge in [0, 0.05) is 19.1 Å². The molecule has 16 heavy (non-hydrogen) atoms. The van der Waals surface area contributed by atoms with Crippen molar-refractivity contribution in [2.24, 2.45) is 11.8 Å². The minimum absolute atomic E-state index is 0.245. The van der Waals surface area contributed by atoms with Gasteiger partial charge in [0.25, 0.3) is 0 Å². The molecule has 2 N–H and O–H groups in total. The Morgan fingerprint density at radius 2 is 1.94 bits per heavy atom. The third kappa shape index (κ3) is 4.81. The van der Waals surface area contributed by atoms with Gasteiger partial charge in [0.1, 0.15) is 0 Å². The SMILES string of the molecule is CC1CCN(CCN[C@H](CO)C(C)C)CC1. The molecule has 0 aromatic carbocycles. The minimum atomic E-state index is 0.245. The second-order valence-electron chi connectivity index (χ2n) is 5.51. The van der Waals surface area contributed by atoms with Crippen molar-refractivity contribution in [3.8, 4) is 0 Å². The molecule has 0 radical (unpaired) electrons. The van der Waals surface area contributed by atoms with Gasteiger partial charge in [0.15, 0.2) is 0 Å². The Labute approximate surface area is 100 Å². The molecule has 0 bridgehead atoms. The number of nitrogens with one attached hydrogen (secondary N) is 1. The third-order valence-corrected chi connectivity index (χ3v) is 3.71. The first kappa shape index (κ1) is 13.9. The zero-order valence-corrected chi connectivity index (χ0v) is 11.1. The molecular formula is C13H28N2O. The first-order valence-corrected chi connectivity index (χ1v) is 6.70. The van der Waals surface area contributed by atoms with E-state index in [9.17, 15) is 5.11 Å². The van der Waals surface area contributed by atoms with E-state index in [0.717, 1.165) is 19.0 Å². The lowest BCUT2D eigenvalue weighted by Crippen LogP contribution is -2.43. The second-order valence-corrected chi connectivity index (χ2v) is 5.51. The highest BCUT2D eigenvalue weighted by Crippen LogP contribution is 2.15. The van der Waals surface area contributed by atoms with Gasteiger partial charge >= 0.3 is 0 Å². The van der Waals surface area contributed by atoms with Crippen molar-refractivity contribution in [3.63, 3.8) is 0 Å². The Bertz CT molecular complexity index is 177. The predicted octanol–water partition coefficient (Wildman–Crippen LogP) is 1.32. The van der Waals surface area contributed by atoms with Crippen LogP contribution in [0.1, 0.15) is 33.6 Å². The molecule has 1 heterocycles. The van der Waals surface area contributed by atoms with Gasteiger partial charge < -0.3 is 15.3 Å². The Kier molecular flexibility index (Phi) is 6.32. The molecule has 0 aromatic heterocycles. The summed E-state index contributed by atoms with van der Waals surface area (Å²) < 4.78 is 0. The van der Waals surface area contributed by atoms with Crippen LogP contribution in [0.5, 0.6) is 0 Å². The molecule has 1 aliphatic heterocycles. The summed E-state index contributed by atoms with van der Waals surface area (Å²) >= 11 is 0. The van der Waals surface area contributed by atoms with Crippen LogP contribution in [-0.2, 0) is 0 Å². The first-order valence-electron chi connectivity index (χ1n) is 6.70. The Hall–Kier alpha value is -0.120. The van der Waals surface area contributed by atoms with E-state index >= 15 is 0 Å². The molecule has 1 atom stereocenters. The maximum atomic E-state index is 9.19. The molecule has 3 heteroatoms. The van der Waals surface area contributed by atoms with Gasteiger partial charge in [-0.1, -0.05) is 20.8 Å². The molecule has 1 saturated heterocycles. The summed E-state index contributed by atoms with van der Waals surface area (Å²) in [5.74, 6) is 1.41. The highest BCUT2D eigenvalue weighted by atomic mass is 16.3. The maximum Gasteiger partial charge on any atom is 0.0587 e. The lowest BCUT2D eigenvalue weighted by molar-refractivity contribution is 0.176. The van der Waals surface area contributed by atoms with Crippen molar-refractivity contribution < 1.29 is 5.11 Å². The van der Waals surface area contributed by atoms with Gasteiger partial charge in [-0.15, -0.1) is 0 Å². The monoisotopic (exact) mass is 228 g/mol. The number of aliphatic hydroxyl groups is 1. The zero-order chi connectivity index (χ0) is 12.0. The second kappa shape index (κ2) is 7.25. The molecule has 0 unspecified atom stereocenters. The van der Waals surface area contributed by atoms with Gasteiger partial charge in [-0.05, 0) is 37.8 Å². The average molecular weight is 228 g/mol. The van der Waals surface area contributed by atoms with E-state index in [2.05, 4.69) is 31.0 Å². The van der Waals surface area contributed by atoms with E-state index in [1.807, 2.05) is 0 Å².